The molecule has 0 bridgehead atoms. The third kappa shape index (κ3) is 5.88. The molecule has 0 spiro atoms. The third-order valence-electron chi connectivity index (χ3n) is 1.91. The lowest BCUT2D eigenvalue weighted by molar-refractivity contribution is 0.111. The molecule has 0 saturated heterocycles. The van der Waals surface area contributed by atoms with Crippen LogP contribution in [0, 0.1) is 0 Å². The van der Waals surface area contributed by atoms with Gasteiger partial charge in [0.2, 0.25) is 10.0 Å². The van der Waals surface area contributed by atoms with Crippen LogP contribution < -0.4 is 9.88 Å². The van der Waals surface area contributed by atoms with Gasteiger partial charge in [0, 0.05) is 0 Å². The quantitative estimate of drug-likeness (QED) is 0.777. The summed E-state index contributed by atoms with van der Waals surface area (Å²) < 4.78 is 31.6. The smallest absolute Gasteiger partial charge is 0.211 e. The maximum absolute atomic E-state index is 10.6. The second-order valence-electron chi connectivity index (χ2n) is 3.38. The van der Waals surface area contributed by atoms with Crippen LogP contribution in [0.25, 0.3) is 0 Å². The van der Waals surface area contributed by atoms with Crippen molar-refractivity contribution in [1.29, 1.82) is 0 Å². The minimum absolute atomic E-state index is 0.0262. The van der Waals surface area contributed by atoms with Gasteiger partial charge in [-0.3, -0.25) is 0 Å². The zero-order valence-electron chi connectivity index (χ0n) is 9.43. The fourth-order valence-corrected chi connectivity index (χ4v) is 1.96. The zero-order chi connectivity index (χ0) is 13.6. The fraction of sp³-hybridized carbons (Fsp3) is 0.400. The molecule has 0 unspecified atom stereocenters. The van der Waals surface area contributed by atoms with Crippen molar-refractivity contribution < 1.29 is 17.9 Å². The van der Waals surface area contributed by atoms with E-state index in [4.69, 9.17) is 37.8 Å². The largest absolute Gasteiger partial charge is 0.488 e. The lowest BCUT2D eigenvalue weighted by Gasteiger charge is -2.09. The summed E-state index contributed by atoms with van der Waals surface area (Å²) in [5.41, 5.74) is 0. The van der Waals surface area contributed by atoms with E-state index in [1.165, 1.54) is 0 Å². The summed E-state index contributed by atoms with van der Waals surface area (Å²) in [7, 11) is -3.48. The molecule has 18 heavy (non-hydrogen) atoms. The number of ether oxygens (including phenoxy) is 2. The Bertz CT molecular complexity index is 472. The van der Waals surface area contributed by atoms with Gasteiger partial charge >= 0.3 is 0 Å². The predicted molar refractivity (Wildman–Crippen MR) is 70.8 cm³/mol. The first-order valence-corrected chi connectivity index (χ1v) is 7.52. The number of benzene rings is 1. The number of primary sulfonamides is 1. The second kappa shape index (κ2) is 7.16. The molecule has 0 aliphatic rings. The summed E-state index contributed by atoms with van der Waals surface area (Å²) in [6.07, 6.45) is 0. The van der Waals surface area contributed by atoms with E-state index in [0.717, 1.165) is 0 Å². The number of hydrogen-bond donors (Lipinski definition) is 1. The van der Waals surface area contributed by atoms with Crippen LogP contribution in [0.15, 0.2) is 18.2 Å². The average molecular weight is 314 g/mol. The van der Waals surface area contributed by atoms with Crippen LogP contribution in [0.1, 0.15) is 0 Å². The van der Waals surface area contributed by atoms with E-state index in [0.29, 0.717) is 15.8 Å². The predicted octanol–water partition coefficient (Wildman–Crippen LogP) is 1.68. The van der Waals surface area contributed by atoms with Crippen LogP contribution in [-0.2, 0) is 14.8 Å². The molecule has 0 radical (unpaired) electrons. The summed E-state index contributed by atoms with van der Waals surface area (Å²) in [5.74, 6) is 0.163. The first-order chi connectivity index (χ1) is 8.40. The van der Waals surface area contributed by atoms with Crippen molar-refractivity contribution in [2.24, 2.45) is 5.14 Å². The van der Waals surface area contributed by atoms with Crippen molar-refractivity contribution in [2.45, 2.75) is 0 Å². The summed E-state index contributed by atoms with van der Waals surface area (Å²) in [5, 5.41) is 5.63. The molecule has 1 rings (SSSR count). The van der Waals surface area contributed by atoms with Crippen LogP contribution >= 0.6 is 23.2 Å². The van der Waals surface area contributed by atoms with Crippen molar-refractivity contribution in [2.75, 3.05) is 25.6 Å². The van der Waals surface area contributed by atoms with E-state index in [1.54, 1.807) is 18.2 Å². The number of para-hydroxylation sites is 1. The third-order valence-corrected chi connectivity index (χ3v) is 3.24. The Kier molecular flexibility index (Phi) is 6.17. The molecule has 5 nitrogen and oxygen atoms in total. The highest BCUT2D eigenvalue weighted by Gasteiger charge is 2.06. The average Bonchev–Trinajstić information content (AvgIpc) is 2.25. The minimum Gasteiger partial charge on any atom is -0.488 e. The maximum atomic E-state index is 10.6. The summed E-state index contributed by atoms with van der Waals surface area (Å²) in [6.45, 7) is 0.462. The van der Waals surface area contributed by atoms with Crippen molar-refractivity contribution in [3.05, 3.63) is 28.2 Å². The zero-order valence-corrected chi connectivity index (χ0v) is 11.8. The fourth-order valence-electron chi connectivity index (χ4n) is 1.10. The van der Waals surface area contributed by atoms with E-state index in [9.17, 15) is 8.42 Å². The first-order valence-electron chi connectivity index (χ1n) is 5.05. The van der Waals surface area contributed by atoms with Crippen LogP contribution in [0.3, 0.4) is 0 Å². The van der Waals surface area contributed by atoms with Gasteiger partial charge in [0.25, 0.3) is 0 Å². The highest BCUT2D eigenvalue weighted by Crippen LogP contribution is 2.32. The highest BCUT2D eigenvalue weighted by molar-refractivity contribution is 7.89. The molecular weight excluding hydrogens is 301 g/mol. The van der Waals surface area contributed by atoms with Gasteiger partial charge in [0.15, 0.2) is 5.75 Å². The first kappa shape index (κ1) is 15.5. The van der Waals surface area contributed by atoms with Gasteiger partial charge in [0.1, 0.15) is 6.61 Å². The monoisotopic (exact) mass is 313 g/mol. The van der Waals surface area contributed by atoms with Crippen LogP contribution in [0.4, 0.5) is 0 Å². The Morgan fingerprint density at radius 3 is 2.28 bits per heavy atom. The number of hydrogen-bond acceptors (Lipinski definition) is 4. The van der Waals surface area contributed by atoms with Gasteiger partial charge in [-0.05, 0) is 12.1 Å². The summed E-state index contributed by atoms with van der Waals surface area (Å²) in [6, 6.07) is 5.02. The topological polar surface area (TPSA) is 78.6 Å². The number of rotatable bonds is 7. The molecule has 1 aromatic carbocycles. The molecule has 2 N–H and O–H groups in total. The van der Waals surface area contributed by atoms with Crippen LogP contribution in [-0.4, -0.2) is 34.0 Å². The van der Waals surface area contributed by atoms with Crippen LogP contribution in [0.2, 0.25) is 10.0 Å². The Balaban J connectivity index is 2.26. The molecular formula is C10H13Cl2NO4S. The lowest BCUT2D eigenvalue weighted by Crippen LogP contribution is -2.21. The van der Waals surface area contributed by atoms with E-state index < -0.39 is 10.0 Å². The Hall–Kier alpha value is -0.530. The van der Waals surface area contributed by atoms with E-state index in [-0.39, 0.29) is 25.6 Å². The normalized spacial score (nSPS) is 11.5. The Morgan fingerprint density at radius 2 is 1.72 bits per heavy atom. The lowest BCUT2D eigenvalue weighted by atomic mass is 10.3. The molecule has 1 aromatic rings. The van der Waals surface area contributed by atoms with Gasteiger partial charge in [0.05, 0.1) is 29.0 Å². The van der Waals surface area contributed by atoms with E-state index in [1.807, 2.05) is 0 Å². The molecule has 0 aliphatic heterocycles. The molecule has 0 aliphatic carbocycles. The molecule has 0 heterocycles. The van der Waals surface area contributed by atoms with Crippen molar-refractivity contribution in [3.8, 4) is 5.75 Å². The van der Waals surface area contributed by atoms with E-state index in [2.05, 4.69) is 0 Å². The van der Waals surface area contributed by atoms with Crippen molar-refractivity contribution in [3.63, 3.8) is 0 Å². The molecule has 8 heteroatoms. The highest BCUT2D eigenvalue weighted by atomic mass is 35.5. The van der Waals surface area contributed by atoms with E-state index >= 15 is 0 Å². The molecule has 0 atom stereocenters. The molecule has 0 aromatic heterocycles. The Labute approximate surface area is 116 Å². The standard InChI is InChI=1S/C10H13Cl2NO4S/c11-8-2-1-3-9(12)10(8)17-5-4-16-6-7-18(13,14)15/h1-3H,4-7H2,(H2,13,14,15). The van der Waals surface area contributed by atoms with Gasteiger partial charge in [-0.1, -0.05) is 29.3 Å². The van der Waals surface area contributed by atoms with Gasteiger partial charge < -0.3 is 9.47 Å². The van der Waals surface area contributed by atoms with Crippen molar-refractivity contribution in [1.82, 2.24) is 0 Å². The van der Waals surface area contributed by atoms with Gasteiger partial charge in [-0.2, -0.15) is 0 Å². The molecule has 0 amide bonds. The number of sulfonamides is 1. The summed E-state index contributed by atoms with van der Waals surface area (Å²) in [4.78, 5) is 0. The van der Waals surface area contributed by atoms with Gasteiger partial charge in [-0.15, -0.1) is 0 Å². The minimum atomic E-state index is -3.48. The number of nitrogens with two attached hydrogens (primary N) is 1. The number of halogens is 2. The SMILES string of the molecule is NS(=O)(=O)CCOCCOc1c(Cl)cccc1Cl. The Morgan fingerprint density at radius 1 is 1.11 bits per heavy atom. The molecule has 102 valence electrons. The second-order valence-corrected chi connectivity index (χ2v) is 5.93. The van der Waals surface area contributed by atoms with Crippen LogP contribution in [0.5, 0.6) is 5.75 Å². The maximum Gasteiger partial charge on any atom is 0.211 e. The molecule has 0 fully saturated rings. The summed E-state index contributed by atoms with van der Waals surface area (Å²) >= 11 is 11.8. The van der Waals surface area contributed by atoms with Crippen molar-refractivity contribution >= 4 is 33.2 Å². The molecule has 0 saturated carbocycles. The van der Waals surface area contributed by atoms with Gasteiger partial charge in [-0.25, -0.2) is 13.6 Å².